The fourth-order valence-corrected chi connectivity index (χ4v) is 8.05. The van der Waals surface area contributed by atoms with Gasteiger partial charge in [0.15, 0.2) is 0 Å². The number of rotatable bonds is 48. The number of hydrogen-bond donors (Lipinski definition) is 3. The Morgan fingerprint density at radius 2 is 0.717 bits per heavy atom. The highest BCUT2D eigenvalue weighted by Crippen LogP contribution is 2.17. The minimum atomic E-state index is -0.687. The molecule has 60 heavy (non-hydrogen) atoms. The quantitative estimate of drug-likeness (QED) is 0.0422. The van der Waals surface area contributed by atoms with Crippen LogP contribution in [-0.2, 0) is 4.79 Å². The summed E-state index contributed by atoms with van der Waals surface area (Å²) in [5, 5.41) is 23.2. The van der Waals surface area contributed by atoms with Crippen molar-refractivity contribution < 1.29 is 15.0 Å². The summed E-state index contributed by atoms with van der Waals surface area (Å²) < 4.78 is 0. The summed E-state index contributed by atoms with van der Waals surface area (Å²) in [5.74, 6) is -0.0867. The van der Waals surface area contributed by atoms with Crippen LogP contribution in [0.15, 0.2) is 60.8 Å². The molecule has 0 aromatic rings. The first kappa shape index (κ1) is 58.1. The van der Waals surface area contributed by atoms with E-state index in [1.54, 1.807) is 0 Å². The van der Waals surface area contributed by atoms with Gasteiger partial charge in [-0.3, -0.25) is 4.79 Å². The Labute approximate surface area is 375 Å². The van der Waals surface area contributed by atoms with Crippen molar-refractivity contribution in [1.82, 2.24) is 5.32 Å². The first-order valence-electron chi connectivity index (χ1n) is 26.5. The summed E-state index contributed by atoms with van der Waals surface area (Å²) in [4.78, 5) is 12.4. The standard InChI is InChI=1S/C56H103NO3/c1-3-5-7-9-11-13-15-17-19-21-22-23-24-25-26-27-28-29-30-31-32-33-34-36-37-39-41-43-45-47-49-51-55(59)54(53-58)57-56(60)52-50-48-46-44-42-40-38-35-20-18-16-14-12-10-8-6-4-2/h6,8,12,14,18,20,38,40,44,46,54-55,58-59H,3-5,7,9-11,13,15-17,19,21-37,39,41-43,45,47-53H2,1-2H3,(H,57,60)/b8-6-,14-12-,20-18-,40-38-,46-44-. The van der Waals surface area contributed by atoms with Gasteiger partial charge >= 0.3 is 0 Å². The van der Waals surface area contributed by atoms with E-state index < -0.39 is 12.1 Å². The monoisotopic (exact) mass is 838 g/mol. The van der Waals surface area contributed by atoms with Gasteiger partial charge in [0.2, 0.25) is 5.91 Å². The lowest BCUT2D eigenvalue weighted by Crippen LogP contribution is -2.45. The van der Waals surface area contributed by atoms with Gasteiger partial charge in [0, 0.05) is 6.42 Å². The first-order chi connectivity index (χ1) is 29.7. The lowest BCUT2D eigenvalue weighted by Gasteiger charge is -2.22. The van der Waals surface area contributed by atoms with Gasteiger partial charge in [0.25, 0.3) is 0 Å². The average molecular weight is 838 g/mol. The molecule has 0 saturated carbocycles. The molecule has 0 aliphatic carbocycles. The van der Waals surface area contributed by atoms with Gasteiger partial charge in [0.1, 0.15) is 0 Å². The van der Waals surface area contributed by atoms with Crippen LogP contribution in [0.1, 0.15) is 271 Å². The van der Waals surface area contributed by atoms with E-state index >= 15 is 0 Å². The Hall–Kier alpha value is -1.91. The molecule has 2 atom stereocenters. The summed E-state index contributed by atoms with van der Waals surface area (Å²) in [6.07, 6.45) is 72.1. The average Bonchev–Trinajstić information content (AvgIpc) is 3.25. The molecule has 2 unspecified atom stereocenters. The zero-order valence-electron chi connectivity index (χ0n) is 40.2. The van der Waals surface area contributed by atoms with E-state index in [9.17, 15) is 15.0 Å². The molecule has 3 N–H and O–H groups in total. The number of carbonyl (C=O) groups excluding carboxylic acids is 1. The van der Waals surface area contributed by atoms with Gasteiger partial charge in [-0.25, -0.2) is 0 Å². The first-order valence-corrected chi connectivity index (χ1v) is 26.5. The molecule has 0 radical (unpaired) electrons. The second kappa shape index (κ2) is 51.4. The van der Waals surface area contributed by atoms with Crippen molar-refractivity contribution >= 4 is 5.91 Å². The van der Waals surface area contributed by atoms with Crippen LogP contribution in [0.25, 0.3) is 0 Å². The van der Waals surface area contributed by atoms with Gasteiger partial charge in [-0.15, -0.1) is 0 Å². The second-order valence-corrected chi connectivity index (χ2v) is 17.9. The van der Waals surface area contributed by atoms with E-state index in [1.165, 1.54) is 186 Å². The van der Waals surface area contributed by atoms with Gasteiger partial charge in [-0.05, 0) is 51.4 Å². The largest absolute Gasteiger partial charge is 0.394 e. The molecule has 4 nitrogen and oxygen atoms in total. The fourth-order valence-electron chi connectivity index (χ4n) is 8.05. The summed E-state index contributed by atoms with van der Waals surface area (Å²) in [5.41, 5.74) is 0. The van der Waals surface area contributed by atoms with Gasteiger partial charge in [-0.1, -0.05) is 274 Å². The SMILES string of the molecule is CC/C=C\C/C=C\C/C=C\C/C=C\C/C=C\CCCC(=O)NC(CO)C(O)CCCCCCCCCCCCCCCCCCCCCCCCCCCCCCCCC. The maximum Gasteiger partial charge on any atom is 0.220 e. The molecule has 1 amide bonds. The number of carbonyl (C=O) groups is 1. The Morgan fingerprint density at radius 3 is 1.03 bits per heavy atom. The van der Waals surface area contributed by atoms with Crippen molar-refractivity contribution in [3.63, 3.8) is 0 Å². The Morgan fingerprint density at radius 1 is 0.417 bits per heavy atom. The molecule has 0 aromatic heterocycles. The molecule has 0 aliphatic heterocycles. The Kier molecular flexibility index (Phi) is 49.8. The van der Waals surface area contributed by atoms with Crippen molar-refractivity contribution in [3.05, 3.63) is 60.8 Å². The van der Waals surface area contributed by atoms with Crippen LogP contribution in [0.4, 0.5) is 0 Å². The molecular formula is C56H103NO3. The van der Waals surface area contributed by atoms with Crippen molar-refractivity contribution in [2.45, 2.75) is 283 Å². The third kappa shape index (κ3) is 47.1. The highest BCUT2D eigenvalue weighted by Gasteiger charge is 2.19. The maximum atomic E-state index is 12.4. The van der Waals surface area contributed by atoms with Gasteiger partial charge in [-0.2, -0.15) is 0 Å². The topological polar surface area (TPSA) is 69.6 Å². The fraction of sp³-hybridized carbons (Fsp3) is 0.804. The van der Waals surface area contributed by atoms with Crippen LogP contribution in [0.5, 0.6) is 0 Å². The van der Waals surface area contributed by atoms with Gasteiger partial charge < -0.3 is 15.5 Å². The zero-order chi connectivity index (χ0) is 43.5. The van der Waals surface area contributed by atoms with Crippen LogP contribution >= 0.6 is 0 Å². The summed E-state index contributed by atoms with van der Waals surface area (Å²) in [6.45, 7) is 4.23. The van der Waals surface area contributed by atoms with Crippen LogP contribution in [0.2, 0.25) is 0 Å². The highest BCUT2D eigenvalue weighted by atomic mass is 16.3. The van der Waals surface area contributed by atoms with Crippen LogP contribution in [0.3, 0.4) is 0 Å². The smallest absolute Gasteiger partial charge is 0.220 e. The zero-order valence-corrected chi connectivity index (χ0v) is 40.2. The highest BCUT2D eigenvalue weighted by molar-refractivity contribution is 5.76. The number of allylic oxidation sites excluding steroid dienone is 10. The normalized spacial score (nSPS) is 13.3. The minimum absolute atomic E-state index is 0.0867. The molecule has 350 valence electrons. The third-order valence-corrected chi connectivity index (χ3v) is 12.0. The van der Waals surface area contributed by atoms with Crippen molar-refractivity contribution in [2.75, 3.05) is 6.61 Å². The summed E-state index contributed by atoms with van der Waals surface area (Å²) >= 11 is 0. The van der Waals surface area contributed by atoms with Crippen molar-refractivity contribution in [3.8, 4) is 0 Å². The minimum Gasteiger partial charge on any atom is -0.394 e. The third-order valence-electron chi connectivity index (χ3n) is 12.0. The number of amides is 1. The Bertz CT molecular complexity index is 996. The number of aliphatic hydroxyl groups is 2. The van der Waals surface area contributed by atoms with E-state index in [2.05, 4.69) is 79.9 Å². The van der Waals surface area contributed by atoms with E-state index in [4.69, 9.17) is 0 Å². The molecule has 0 rings (SSSR count). The molecule has 0 heterocycles. The van der Waals surface area contributed by atoms with E-state index in [0.717, 1.165) is 57.8 Å². The van der Waals surface area contributed by atoms with Crippen molar-refractivity contribution in [1.29, 1.82) is 0 Å². The van der Waals surface area contributed by atoms with E-state index in [0.29, 0.717) is 12.8 Å². The molecule has 0 aromatic carbocycles. The van der Waals surface area contributed by atoms with Crippen LogP contribution in [0, 0.1) is 0 Å². The number of nitrogens with one attached hydrogen (secondary N) is 1. The molecule has 0 spiro atoms. The lowest BCUT2D eigenvalue weighted by atomic mass is 10.0. The second-order valence-electron chi connectivity index (χ2n) is 17.9. The summed E-state index contributed by atoms with van der Waals surface area (Å²) in [6, 6.07) is -0.570. The predicted octanol–water partition coefficient (Wildman–Crippen LogP) is 17.2. The van der Waals surface area contributed by atoms with Crippen LogP contribution in [-0.4, -0.2) is 34.9 Å². The van der Waals surface area contributed by atoms with Crippen molar-refractivity contribution in [2.24, 2.45) is 0 Å². The number of hydrogen-bond acceptors (Lipinski definition) is 3. The number of aliphatic hydroxyl groups excluding tert-OH is 2. The summed E-state index contributed by atoms with van der Waals surface area (Å²) in [7, 11) is 0. The van der Waals surface area contributed by atoms with E-state index in [-0.39, 0.29) is 12.5 Å². The predicted molar refractivity (Wildman–Crippen MR) is 267 cm³/mol. The molecule has 4 heteroatoms. The molecule has 0 fully saturated rings. The lowest BCUT2D eigenvalue weighted by molar-refractivity contribution is -0.123. The molecule has 0 aliphatic rings. The molecular weight excluding hydrogens is 735 g/mol. The number of unbranched alkanes of at least 4 members (excludes halogenated alkanes) is 31. The molecule has 0 bridgehead atoms. The maximum absolute atomic E-state index is 12.4. The van der Waals surface area contributed by atoms with E-state index in [1.807, 2.05) is 0 Å². The van der Waals surface area contributed by atoms with Gasteiger partial charge in [0.05, 0.1) is 18.8 Å². The van der Waals surface area contributed by atoms with Crippen LogP contribution < -0.4 is 5.32 Å². The Balaban J connectivity index is 3.48. The molecule has 0 saturated heterocycles.